The van der Waals surface area contributed by atoms with Crippen LogP contribution in [0.15, 0.2) is 30.3 Å². The number of benzene rings is 1. The Hall–Kier alpha value is -1.02. The molecule has 0 atom stereocenters. The van der Waals surface area contributed by atoms with Crippen LogP contribution in [0.4, 0.5) is 5.69 Å². The lowest BCUT2D eigenvalue weighted by molar-refractivity contribution is 0.457. The molecule has 2 heteroatoms. The minimum absolute atomic E-state index is 0.430. The van der Waals surface area contributed by atoms with E-state index in [2.05, 4.69) is 62.6 Å². The van der Waals surface area contributed by atoms with Crippen LogP contribution in [-0.4, -0.2) is 19.1 Å². The zero-order chi connectivity index (χ0) is 12.5. The van der Waals surface area contributed by atoms with Gasteiger partial charge < -0.3 is 10.6 Å². The number of nitrogens with one attached hydrogen (secondary N) is 2. The van der Waals surface area contributed by atoms with Gasteiger partial charge in [0.15, 0.2) is 0 Å². The predicted molar refractivity (Wildman–Crippen MR) is 74.3 cm³/mol. The maximum atomic E-state index is 3.64. The van der Waals surface area contributed by atoms with Crippen LogP contribution in [0.2, 0.25) is 0 Å². The smallest absolute Gasteiger partial charge is 0.0340 e. The summed E-state index contributed by atoms with van der Waals surface area (Å²) >= 11 is 0. The van der Waals surface area contributed by atoms with E-state index in [4.69, 9.17) is 0 Å². The summed E-state index contributed by atoms with van der Waals surface area (Å²) in [7, 11) is 0. The van der Waals surface area contributed by atoms with E-state index in [9.17, 15) is 0 Å². The second-order valence-corrected chi connectivity index (χ2v) is 6.12. The second-order valence-electron chi connectivity index (χ2n) is 6.12. The van der Waals surface area contributed by atoms with Crippen molar-refractivity contribution >= 4 is 5.69 Å². The van der Waals surface area contributed by atoms with E-state index in [1.165, 1.54) is 5.69 Å². The number of hydrogen-bond donors (Lipinski definition) is 2. The molecule has 0 amide bonds. The van der Waals surface area contributed by atoms with Crippen LogP contribution in [0.5, 0.6) is 0 Å². The SMILES string of the molecule is CC1(C)C(NCCNc2ccccc2)C1(C)C. The lowest BCUT2D eigenvalue weighted by Gasteiger charge is -2.08. The molecule has 1 aromatic rings. The molecule has 1 saturated carbocycles. The number of rotatable bonds is 5. The van der Waals surface area contributed by atoms with Crippen molar-refractivity contribution in [2.75, 3.05) is 18.4 Å². The van der Waals surface area contributed by atoms with Gasteiger partial charge in [0.05, 0.1) is 0 Å². The summed E-state index contributed by atoms with van der Waals surface area (Å²) in [4.78, 5) is 0. The highest BCUT2D eigenvalue weighted by molar-refractivity contribution is 5.42. The minimum atomic E-state index is 0.430. The molecule has 2 rings (SSSR count). The van der Waals surface area contributed by atoms with Crippen LogP contribution in [0.3, 0.4) is 0 Å². The molecule has 0 radical (unpaired) electrons. The maximum absolute atomic E-state index is 3.64. The molecule has 0 heterocycles. The van der Waals surface area contributed by atoms with Gasteiger partial charge in [0.25, 0.3) is 0 Å². The maximum Gasteiger partial charge on any atom is 0.0340 e. The number of para-hydroxylation sites is 1. The van der Waals surface area contributed by atoms with Crippen molar-refractivity contribution in [3.8, 4) is 0 Å². The Morgan fingerprint density at radius 1 is 0.941 bits per heavy atom. The molecule has 1 aliphatic carbocycles. The van der Waals surface area contributed by atoms with Crippen LogP contribution in [-0.2, 0) is 0 Å². The number of hydrogen-bond acceptors (Lipinski definition) is 2. The third-order valence-electron chi connectivity index (χ3n) is 4.60. The van der Waals surface area contributed by atoms with Gasteiger partial charge >= 0.3 is 0 Å². The van der Waals surface area contributed by atoms with Crippen molar-refractivity contribution < 1.29 is 0 Å². The van der Waals surface area contributed by atoms with E-state index in [1.807, 2.05) is 6.07 Å². The monoisotopic (exact) mass is 232 g/mol. The lowest BCUT2D eigenvalue weighted by Crippen LogP contribution is -2.28. The Labute approximate surface area is 105 Å². The molecule has 0 saturated heterocycles. The van der Waals surface area contributed by atoms with Crippen molar-refractivity contribution in [2.45, 2.75) is 33.7 Å². The van der Waals surface area contributed by atoms with Gasteiger partial charge in [-0.1, -0.05) is 45.9 Å². The van der Waals surface area contributed by atoms with Gasteiger partial charge in [0.1, 0.15) is 0 Å². The summed E-state index contributed by atoms with van der Waals surface area (Å²) in [5, 5.41) is 7.06. The topological polar surface area (TPSA) is 24.1 Å². The van der Waals surface area contributed by atoms with Gasteiger partial charge in [-0.15, -0.1) is 0 Å². The second kappa shape index (κ2) is 4.34. The Balaban J connectivity index is 1.69. The zero-order valence-corrected chi connectivity index (χ0v) is 11.4. The Morgan fingerprint density at radius 2 is 1.53 bits per heavy atom. The molecule has 0 aliphatic heterocycles. The first-order chi connectivity index (χ1) is 7.96. The van der Waals surface area contributed by atoms with E-state index in [1.54, 1.807) is 0 Å². The third-order valence-corrected chi connectivity index (χ3v) is 4.60. The zero-order valence-electron chi connectivity index (χ0n) is 11.4. The highest BCUT2D eigenvalue weighted by Crippen LogP contribution is 2.62. The first-order valence-electron chi connectivity index (χ1n) is 6.48. The Bertz CT molecular complexity index is 354. The van der Waals surface area contributed by atoms with E-state index >= 15 is 0 Å². The summed E-state index contributed by atoms with van der Waals surface area (Å²) in [6, 6.07) is 11.0. The average molecular weight is 232 g/mol. The molecule has 2 N–H and O–H groups in total. The van der Waals surface area contributed by atoms with Gasteiger partial charge in [0.2, 0.25) is 0 Å². The summed E-state index contributed by atoms with van der Waals surface area (Å²) in [5.74, 6) is 0. The van der Waals surface area contributed by atoms with E-state index in [-0.39, 0.29) is 0 Å². The van der Waals surface area contributed by atoms with Gasteiger partial charge in [-0.2, -0.15) is 0 Å². The van der Waals surface area contributed by atoms with Crippen LogP contribution in [0, 0.1) is 10.8 Å². The van der Waals surface area contributed by atoms with Crippen molar-refractivity contribution in [3.63, 3.8) is 0 Å². The summed E-state index contributed by atoms with van der Waals surface area (Å²) in [6.45, 7) is 11.4. The molecule has 2 nitrogen and oxygen atoms in total. The Morgan fingerprint density at radius 3 is 2.06 bits per heavy atom. The lowest BCUT2D eigenvalue weighted by atomic mass is 10.0. The molecule has 0 unspecified atom stereocenters. The molecule has 1 aromatic carbocycles. The van der Waals surface area contributed by atoms with E-state index in [0.717, 1.165) is 13.1 Å². The first-order valence-corrected chi connectivity index (χ1v) is 6.48. The fraction of sp³-hybridized carbons (Fsp3) is 0.600. The van der Waals surface area contributed by atoms with Crippen molar-refractivity contribution in [2.24, 2.45) is 10.8 Å². The van der Waals surface area contributed by atoms with Crippen LogP contribution < -0.4 is 10.6 Å². The molecule has 0 bridgehead atoms. The van der Waals surface area contributed by atoms with Crippen molar-refractivity contribution in [1.82, 2.24) is 5.32 Å². The standard InChI is InChI=1S/C15H24N2/c1-14(2)13(15(14,3)4)17-11-10-16-12-8-6-5-7-9-12/h5-9,13,16-17H,10-11H2,1-4H3. The highest BCUT2D eigenvalue weighted by Gasteiger charge is 2.64. The van der Waals surface area contributed by atoms with Gasteiger partial charge in [0, 0.05) is 24.8 Å². The fourth-order valence-corrected chi connectivity index (χ4v) is 2.69. The summed E-state index contributed by atoms with van der Waals surface area (Å²) < 4.78 is 0. The van der Waals surface area contributed by atoms with Crippen LogP contribution in [0.25, 0.3) is 0 Å². The molecule has 1 fully saturated rings. The third kappa shape index (κ3) is 2.32. The molecular weight excluding hydrogens is 208 g/mol. The van der Waals surface area contributed by atoms with Crippen molar-refractivity contribution in [3.05, 3.63) is 30.3 Å². The molecule has 1 aliphatic rings. The van der Waals surface area contributed by atoms with E-state index in [0.29, 0.717) is 16.9 Å². The molecule has 0 spiro atoms. The van der Waals surface area contributed by atoms with Gasteiger partial charge in [-0.3, -0.25) is 0 Å². The fourth-order valence-electron chi connectivity index (χ4n) is 2.69. The first kappa shape index (κ1) is 12.4. The van der Waals surface area contributed by atoms with Crippen molar-refractivity contribution in [1.29, 1.82) is 0 Å². The molecule has 94 valence electrons. The highest BCUT2D eigenvalue weighted by atomic mass is 15.1. The number of anilines is 1. The predicted octanol–water partition coefficient (Wildman–Crippen LogP) is 3.12. The molecule has 0 aromatic heterocycles. The largest absolute Gasteiger partial charge is 0.384 e. The van der Waals surface area contributed by atoms with Gasteiger partial charge in [-0.05, 0) is 23.0 Å². The summed E-state index contributed by atoms with van der Waals surface area (Å²) in [6.07, 6.45) is 0. The Kier molecular flexibility index (Phi) is 3.17. The average Bonchev–Trinajstić information content (AvgIpc) is 2.67. The summed E-state index contributed by atoms with van der Waals surface area (Å²) in [5.41, 5.74) is 2.06. The van der Waals surface area contributed by atoms with E-state index < -0.39 is 0 Å². The van der Waals surface area contributed by atoms with Crippen LogP contribution >= 0.6 is 0 Å². The minimum Gasteiger partial charge on any atom is -0.384 e. The quantitative estimate of drug-likeness (QED) is 0.762. The molecule has 17 heavy (non-hydrogen) atoms. The van der Waals surface area contributed by atoms with Crippen LogP contribution in [0.1, 0.15) is 27.7 Å². The van der Waals surface area contributed by atoms with Gasteiger partial charge in [-0.25, -0.2) is 0 Å². The normalized spacial score (nSPS) is 21.2. The molecular formula is C15H24N2.